The van der Waals surface area contributed by atoms with Gasteiger partial charge in [-0.15, -0.1) is 30.1 Å². The SMILES string of the molecule is Cc1cc(C)[c-](C)p1.Cl.Cl.[Zr]. The van der Waals surface area contributed by atoms with E-state index in [2.05, 4.69) is 26.8 Å². The van der Waals surface area contributed by atoms with E-state index < -0.39 is 0 Å². The molecule has 0 aliphatic heterocycles. The van der Waals surface area contributed by atoms with E-state index in [1.807, 2.05) is 0 Å². The van der Waals surface area contributed by atoms with Crippen LogP contribution in [0.2, 0.25) is 0 Å². The molecule has 0 aliphatic rings. The van der Waals surface area contributed by atoms with E-state index in [0.717, 1.165) is 0 Å². The maximum atomic E-state index is 2.25. The van der Waals surface area contributed by atoms with Crippen LogP contribution in [-0.2, 0) is 26.2 Å². The summed E-state index contributed by atoms with van der Waals surface area (Å²) >= 11 is 0. The van der Waals surface area contributed by atoms with Crippen LogP contribution < -0.4 is 0 Å². The predicted octanol–water partition coefficient (Wildman–Crippen LogP) is 3.75. The van der Waals surface area contributed by atoms with Crippen LogP contribution in [0.5, 0.6) is 0 Å². The van der Waals surface area contributed by atoms with Crippen molar-refractivity contribution in [2.24, 2.45) is 0 Å². The summed E-state index contributed by atoms with van der Waals surface area (Å²) in [7, 11) is 1.42. The summed E-state index contributed by atoms with van der Waals surface area (Å²) in [5.41, 5.74) is 1.45. The van der Waals surface area contributed by atoms with Crippen molar-refractivity contribution in [2.75, 3.05) is 0 Å². The molecule has 0 aromatic carbocycles. The molecule has 0 atom stereocenters. The Labute approximate surface area is 102 Å². The van der Waals surface area contributed by atoms with E-state index in [0.29, 0.717) is 0 Å². The van der Waals surface area contributed by atoms with Gasteiger partial charge in [-0.25, -0.2) is 14.3 Å². The van der Waals surface area contributed by atoms with Crippen LogP contribution >= 0.6 is 33.0 Å². The Hall–Kier alpha value is 1.24. The zero-order valence-corrected chi connectivity index (χ0v) is 11.8. The average Bonchev–Trinajstić information content (AvgIpc) is 1.85. The van der Waals surface area contributed by atoms with Gasteiger partial charge in [0.1, 0.15) is 0 Å². The standard InChI is InChI=1S/C7H10P.2ClH.Zr/c1-5-4-6(2)8-7(5)3;;;/h4H,1-3H3;2*1H;/q-1;;;. The number of aryl methyl sites for hydroxylation is 3. The monoisotopic (exact) mass is 287 g/mol. The summed E-state index contributed by atoms with van der Waals surface area (Å²) in [6.07, 6.45) is 0. The Morgan fingerprint density at radius 1 is 1.27 bits per heavy atom. The first-order chi connectivity index (χ1) is 3.70. The molecular formula is C7H12Cl2PZr-. The quantitative estimate of drug-likeness (QED) is 0.638. The molecule has 0 amide bonds. The minimum Gasteiger partial charge on any atom is -0.220 e. The number of rotatable bonds is 0. The molecule has 11 heavy (non-hydrogen) atoms. The van der Waals surface area contributed by atoms with Crippen molar-refractivity contribution >= 4 is 33.0 Å². The molecule has 64 valence electrons. The van der Waals surface area contributed by atoms with Crippen LogP contribution in [-0.4, -0.2) is 0 Å². The first-order valence-corrected chi connectivity index (χ1v) is 3.67. The molecule has 0 nitrogen and oxygen atoms in total. The van der Waals surface area contributed by atoms with E-state index in [1.54, 1.807) is 0 Å². The second-order valence-electron chi connectivity index (χ2n) is 2.17. The van der Waals surface area contributed by atoms with Crippen LogP contribution in [0.15, 0.2) is 6.07 Å². The van der Waals surface area contributed by atoms with Gasteiger partial charge in [-0.1, -0.05) is 20.8 Å². The number of hydrogen-bond acceptors (Lipinski definition) is 0. The second-order valence-corrected chi connectivity index (χ2v) is 3.77. The summed E-state index contributed by atoms with van der Waals surface area (Å²) in [6, 6.07) is 2.25. The van der Waals surface area contributed by atoms with Crippen LogP contribution in [0, 0.1) is 20.8 Å². The molecule has 1 rings (SSSR count). The van der Waals surface area contributed by atoms with Crippen LogP contribution in [0.3, 0.4) is 0 Å². The van der Waals surface area contributed by atoms with Gasteiger partial charge in [0.2, 0.25) is 0 Å². The predicted molar refractivity (Wildman–Crippen MR) is 53.3 cm³/mol. The smallest absolute Gasteiger partial charge is 0 e. The first kappa shape index (κ1) is 18.1. The molecule has 0 spiro atoms. The van der Waals surface area contributed by atoms with Gasteiger partial charge < -0.3 is 0 Å². The summed E-state index contributed by atoms with van der Waals surface area (Å²) in [5, 5.41) is 2.97. The van der Waals surface area contributed by atoms with Crippen LogP contribution in [0.1, 0.15) is 16.2 Å². The maximum Gasteiger partial charge on any atom is 0 e. The third-order valence-electron chi connectivity index (χ3n) is 1.34. The normalized spacial score (nSPS) is 7.91. The molecule has 0 fully saturated rings. The topological polar surface area (TPSA) is 0 Å². The van der Waals surface area contributed by atoms with Gasteiger partial charge in [0.25, 0.3) is 0 Å². The van der Waals surface area contributed by atoms with Gasteiger partial charge in [-0.3, -0.25) is 0 Å². The molecule has 4 heteroatoms. The van der Waals surface area contributed by atoms with E-state index >= 15 is 0 Å². The summed E-state index contributed by atoms with van der Waals surface area (Å²) < 4.78 is 0. The fraction of sp³-hybridized carbons (Fsp3) is 0.429. The third kappa shape index (κ3) is 5.48. The molecule has 1 aromatic rings. The molecule has 1 heterocycles. The van der Waals surface area contributed by atoms with Crippen molar-refractivity contribution in [3.8, 4) is 0 Å². The Balaban J connectivity index is -0.000000213. The summed E-state index contributed by atoms with van der Waals surface area (Å²) in [5.74, 6) is 0. The third-order valence-corrected chi connectivity index (χ3v) is 2.51. The maximum absolute atomic E-state index is 2.25. The summed E-state index contributed by atoms with van der Waals surface area (Å²) in [4.78, 5) is 0. The largest absolute Gasteiger partial charge is 0.220 e. The molecule has 0 aliphatic carbocycles. The van der Waals surface area contributed by atoms with Gasteiger partial charge in [0, 0.05) is 26.2 Å². The molecule has 0 radical (unpaired) electrons. The van der Waals surface area contributed by atoms with Gasteiger partial charge in [-0.2, -0.15) is 10.9 Å². The van der Waals surface area contributed by atoms with Gasteiger partial charge in [0.15, 0.2) is 0 Å². The average molecular weight is 289 g/mol. The van der Waals surface area contributed by atoms with Crippen molar-refractivity contribution in [1.82, 2.24) is 0 Å². The summed E-state index contributed by atoms with van der Waals surface area (Å²) in [6.45, 7) is 6.52. The molecule has 0 saturated heterocycles. The van der Waals surface area contributed by atoms with Crippen molar-refractivity contribution in [3.63, 3.8) is 0 Å². The Morgan fingerprint density at radius 3 is 1.82 bits per heavy atom. The molecule has 0 N–H and O–H groups in total. The van der Waals surface area contributed by atoms with Crippen molar-refractivity contribution in [1.29, 1.82) is 0 Å². The van der Waals surface area contributed by atoms with Crippen LogP contribution in [0.4, 0.5) is 0 Å². The van der Waals surface area contributed by atoms with Crippen molar-refractivity contribution in [3.05, 3.63) is 22.2 Å². The molecule has 0 bridgehead atoms. The number of halogens is 2. The number of hydrogen-bond donors (Lipinski definition) is 0. The zero-order valence-electron chi connectivity index (χ0n) is 6.84. The fourth-order valence-electron chi connectivity index (χ4n) is 0.803. The van der Waals surface area contributed by atoms with Crippen LogP contribution in [0.25, 0.3) is 0 Å². The van der Waals surface area contributed by atoms with Crippen molar-refractivity contribution in [2.45, 2.75) is 20.8 Å². The molecule has 0 saturated carbocycles. The van der Waals surface area contributed by atoms with Gasteiger partial charge >= 0.3 is 0 Å². The molecular weight excluding hydrogens is 277 g/mol. The van der Waals surface area contributed by atoms with Gasteiger partial charge in [-0.05, 0) is 0 Å². The Kier molecular flexibility index (Phi) is 13.0. The Morgan fingerprint density at radius 2 is 1.73 bits per heavy atom. The zero-order chi connectivity index (χ0) is 6.15. The molecule has 0 unspecified atom stereocenters. The van der Waals surface area contributed by atoms with Gasteiger partial charge in [0.05, 0.1) is 0 Å². The van der Waals surface area contributed by atoms with Crippen molar-refractivity contribution < 1.29 is 26.2 Å². The second kappa shape index (κ2) is 7.87. The fourth-order valence-corrected chi connectivity index (χ4v) is 1.83. The minimum absolute atomic E-state index is 0. The minimum atomic E-state index is 0. The van der Waals surface area contributed by atoms with E-state index in [1.165, 1.54) is 24.3 Å². The molecule has 1 aromatic heterocycles. The Bertz CT molecular complexity index is 179. The van der Waals surface area contributed by atoms with E-state index in [4.69, 9.17) is 0 Å². The van der Waals surface area contributed by atoms with E-state index in [9.17, 15) is 0 Å². The first-order valence-electron chi connectivity index (χ1n) is 2.77. The van der Waals surface area contributed by atoms with E-state index in [-0.39, 0.29) is 51.0 Å².